The Morgan fingerprint density at radius 3 is 2.69 bits per heavy atom. The Balaban J connectivity index is 1.42. The number of aromatic nitrogens is 3. The second-order valence-corrected chi connectivity index (χ2v) is 10.7. The molecule has 1 aliphatic carbocycles. The van der Waals surface area contributed by atoms with Crippen LogP contribution in [0.3, 0.4) is 0 Å². The average Bonchev–Trinajstić information content (AvgIpc) is 3.16. The van der Waals surface area contributed by atoms with E-state index in [1.807, 2.05) is 25.2 Å². The van der Waals surface area contributed by atoms with Crippen molar-refractivity contribution in [1.82, 2.24) is 14.8 Å². The summed E-state index contributed by atoms with van der Waals surface area (Å²) in [5.41, 5.74) is 6.77. The van der Waals surface area contributed by atoms with Crippen LogP contribution >= 0.6 is 0 Å². The van der Waals surface area contributed by atoms with Gasteiger partial charge < -0.3 is 9.84 Å². The highest BCUT2D eigenvalue weighted by molar-refractivity contribution is 5.68. The summed E-state index contributed by atoms with van der Waals surface area (Å²) in [6.07, 6.45) is 6.05. The van der Waals surface area contributed by atoms with Gasteiger partial charge in [-0.2, -0.15) is 5.10 Å². The zero-order valence-corrected chi connectivity index (χ0v) is 21.4. The maximum Gasteiger partial charge on any atom is 0.303 e. The van der Waals surface area contributed by atoms with Crippen LogP contribution in [0, 0.1) is 0 Å². The Bertz CT molecular complexity index is 1180. The molecule has 3 aromatic rings. The number of nitrogens with zero attached hydrogens (tertiary/aromatic N) is 3. The minimum Gasteiger partial charge on any atom is -0.481 e. The molecule has 0 saturated heterocycles. The number of benzene rings is 1. The molecule has 4 rings (SSSR count). The van der Waals surface area contributed by atoms with E-state index in [2.05, 4.69) is 50.1 Å². The summed E-state index contributed by atoms with van der Waals surface area (Å²) >= 11 is 0. The lowest BCUT2D eigenvalue weighted by atomic mass is 9.83. The fourth-order valence-electron chi connectivity index (χ4n) is 4.80. The summed E-state index contributed by atoms with van der Waals surface area (Å²) in [7, 11) is 1.86. The van der Waals surface area contributed by atoms with E-state index < -0.39 is 5.97 Å². The van der Waals surface area contributed by atoms with Gasteiger partial charge in [0.1, 0.15) is 0 Å². The second-order valence-electron chi connectivity index (χ2n) is 10.7. The van der Waals surface area contributed by atoms with Crippen LogP contribution in [0.25, 0.3) is 0 Å². The van der Waals surface area contributed by atoms with E-state index in [1.54, 1.807) is 4.68 Å². The highest BCUT2D eigenvalue weighted by Gasteiger charge is 2.21. The monoisotopic (exact) mass is 475 g/mol. The number of hydrogen-bond acceptors (Lipinski definition) is 4. The fourth-order valence-corrected chi connectivity index (χ4v) is 4.80. The molecule has 2 aromatic heterocycles. The van der Waals surface area contributed by atoms with E-state index in [1.165, 1.54) is 29.7 Å². The van der Waals surface area contributed by atoms with Crippen molar-refractivity contribution in [3.63, 3.8) is 0 Å². The molecule has 0 saturated carbocycles. The fraction of sp³-hybridized carbons (Fsp3) is 0.483. The molecular formula is C29H37N3O3. The number of carboxylic acid groups (broad SMARTS) is 1. The summed E-state index contributed by atoms with van der Waals surface area (Å²) < 4.78 is 7.78. The molecule has 35 heavy (non-hydrogen) atoms. The largest absolute Gasteiger partial charge is 0.481 e. The topological polar surface area (TPSA) is 77.2 Å². The van der Waals surface area contributed by atoms with E-state index in [0.717, 1.165) is 36.2 Å². The smallest absolute Gasteiger partial charge is 0.303 e. The van der Waals surface area contributed by atoms with Crippen molar-refractivity contribution in [2.75, 3.05) is 6.61 Å². The standard InChI is InChI=1S/C29H37N3O3/c1-29(2,3)23-10-7-9-21(16-23)22(18-28(33)34)17-25-19-27(32(4)31-25)35-15-14-24-13-12-20-8-5-6-11-26(20)30-24/h7,9-10,12-13,16,19,22H,5-6,8,11,14-15,17-18H2,1-4H3,(H,33,34). The van der Waals surface area contributed by atoms with Crippen molar-refractivity contribution >= 4 is 5.97 Å². The third kappa shape index (κ3) is 6.50. The Morgan fingerprint density at radius 2 is 1.91 bits per heavy atom. The first-order valence-electron chi connectivity index (χ1n) is 12.6. The van der Waals surface area contributed by atoms with Gasteiger partial charge in [0, 0.05) is 30.9 Å². The summed E-state index contributed by atoms with van der Waals surface area (Å²) in [6.45, 7) is 7.03. The van der Waals surface area contributed by atoms with Gasteiger partial charge in [0.05, 0.1) is 18.7 Å². The zero-order valence-electron chi connectivity index (χ0n) is 21.4. The molecule has 1 N–H and O–H groups in total. The van der Waals surface area contributed by atoms with Crippen LogP contribution in [0.4, 0.5) is 0 Å². The van der Waals surface area contributed by atoms with Gasteiger partial charge >= 0.3 is 5.97 Å². The summed E-state index contributed by atoms with van der Waals surface area (Å²) in [5, 5.41) is 14.2. The Morgan fingerprint density at radius 1 is 1.11 bits per heavy atom. The molecule has 0 spiro atoms. The number of aliphatic carboxylic acids is 1. The van der Waals surface area contributed by atoms with Gasteiger partial charge in [0.15, 0.2) is 0 Å². The lowest BCUT2D eigenvalue weighted by Crippen LogP contribution is -2.14. The van der Waals surface area contributed by atoms with Crippen LogP contribution in [0.1, 0.15) is 79.7 Å². The highest BCUT2D eigenvalue weighted by atomic mass is 16.5. The van der Waals surface area contributed by atoms with Crippen LogP contribution in [0.2, 0.25) is 0 Å². The van der Waals surface area contributed by atoms with Crippen LogP contribution in [0.15, 0.2) is 42.5 Å². The van der Waals surface area contributed by atoms with E-state index in [4.69, 9.17) is 9.72 Å². The minimum absolute atomic E-state index is 0.00268. The SMILES string of the molecule is Cn1nc(CC(CC(=O)O)c2cccc(C(C)(C)C)c2)cc1OCCc1ccc2c(n1)CCCC2. The molecule has 1 aliphatic rings. The van der Waals surface area contributed by atoms with Crippen LogP contribution in [-0.4, -0.2) is 32.4 Å². The summed E-state index contributed by atoms with van der Waals surface area (Å²) in [6, 6.07) is 14.6. The van der Waals surface area contributed by atoms with Gasteiger partial charge in [-0.05, 0) is 66.2 Å². The molecule has 186 valence electrons. The molecule has 0 radical (unpaired) electrons. The Kier molecular flexibility index (Phi) is 7.58. The number of ether oxygens (including phenoxy) is 1. The normalized spacial score (nSPS) is 14.4. The highest BCUT2D eigenvalue weighted by Crippen LogP contribution is 2.30. The van der Waals surface area contributed by atoms with Gasteiger partial charge in [-0.15, -0.1) is 0 Å². The molecule has 1 unspecified atom stereocenters. The van der Waals surface area contributed by atoms with Gasteiger partial charge in [-0.25, -0.2) is 4.68 Å². The van der Waals surface area contributed by atoms with Gasteiger partial charge in [0.2, 0.25) is 5.88 Å². The molecule has 0 fully saturated rings. The lowest BCUT2D eigenvalue weighted by molar-refractivity contribution is -0.137. The summed E-state index contributed by atoms with van der Waals surface area (Å²) in [4.78, 5) is 16.5. The second kappa shape index (κ2) is 10.6. The summed E-state index contributed by atoms with van der Waals surface area (Å²) in [5.74, 6) is -0.270. The third-order valence-corrected chi connectivity index (χ3v) is 6.83. The average molecular weight is 476 g/mol. The predicted octanol–water partition coefficient (Wildman–Crippen LogP) is 5.41. The lowest BCUT2D eigenvalue weighted by Gasteiger charge is -2.22. The minimum atomic E-state index is -0.805. The number of aryl methyl sites for hydroxylation is 3. The molecule has 0 aliphatic heterocycles. The molecule has 2 heterocycles. The van der Waals surface area contributed by atoms with Crippen molar-refractivity contribution in [3.05, 3.63) is 76.2 Å². The van der Waals surface area contributed by atoms with Gasteiger partial charge in [0.25, 0.3) is 0 Å². The van der Waals surface area contributed by atoms with E-state index in [9.17, 15) is 9.90 Å². The molecular weight excluding hydrogens is 438 g/mol. The number of carbonyl (C=O) groups is 1. The van der Waals surface area contributed by atoms with Crippen LogP contribution in [-0.2, 0) is 42.9 Å². The van der Waals surface area contributed by atoms with Crippen molar-refractivity contribution in [2.24, 2.45) is 7.05 Å². The molecule has 6 nitrogen and oxygen atoms in total. The number of carboxylic acids is 1. The maximum absolute atomic E-state index is 11.6. The molecule has 1 atom stereocenters. The maximum atomic E-state index is 11.6. The number of hydrogen-bond donors (Lipinski definition) is 1. The van der Waals surface area contributed by atoms with Crippen molar-refractivity contribution in [1.29, 1.82) is 0 Å². The predicted molar refractivity (Wildman–Crippen MR) is 137 cm³/mol. The van der Waals surface area contributed by atoms with E-state index >= 15 is 0 Å². The number of pyridine rings is 1. The number of rotatable bonds is 9. The van der Waals surface area contributed by atoms with Gasteiger partial charge in [-0.3, -0.25) is 9.78 Å². The van der Waals surface area contributed by atoms with Crippen LogP contribution < -0.4 is 4.74 Å². The molecule has 0 bridgehead atoms. The van der Waals surface area contributed by atoms with Crippen molar-refractivity contribution in [2.45, 2.75) is 77.0 Å². The first-order chi connectivity index (χ1) is 16.7. The third-order valence-electron chi connectivity index (χ3n) is 6.83. The number of fused-ring (bicyclic) bond motifs is 1. The van der Waals surface area contributed by atoms with Gasteiger partial charge in [-0.1, -0.05) is 51.1 Å². The van der Waals surface area contributed by atoms with E-state index in [0.29, 0.717) is 18.9 Å². The molecule has 1 aromatic carbocycles. The first kappa shape index (κ1) is 25.0. The Labute approximate surface area is 208 Å². The van der Waals surface area contributed by atoms with E-state index in [-0.39, 0.29) is 17.8 Å². The molecule has 6 heteroatoms. The van der Waals surface area contributed by atoms with Crippen LogP contribution in [0.5, 0.6) is 5.88 Å². The van der Waals surface area contributed by atoms with Crippen molar-refractivity contribution in [3.8, 4) is 5.88 Å². The van der Waals surface area contributed by atoms with Crippen molar-refractivity contribution < 1.29 is 14.6 Å². The Hall–Kier alpha value is -3.15. The quantitative estimate of drug-likeness (QED) is 0.447. The first-order valence-corrected chi connectivity index (χ1v) is 12.6. The zero-order chi connectivity index (χ0) is 25.0. The molecule has 0 amide bonds.